The van der Waals surface area contributed by atoms with Crippen LogP contribution in [0.1, 0.15) is 13.8 Å². The number of rotatable bonds is 5. The van der Waals surface area contributed by atoms with E-state index in [1.165, 1.54) is 18.3 Å². The van der Waals surface area contributed by atoms with Gasteiger partial charge in [0.2, 0.25) is 5.91 Å². The standard InChI is InChI=1S/C11H14N2O4/c1-7(2)11(16)13-9-5-8(3-4-12-9)17-6-10(14)15/h3-5,7H,6H2,1-2H3,(H,14,15)(H,12,13,16). The summed E-state index contributed by atoms with van der Waals surface area (Å²) in [5, 5.41) is 11.0. The molecule has 1 heterocycles. The van der Waals surface area contributed by atoms with Gasteiger partial charge in [-0.3, -0.25) is 4.79 Å². The minimum Gasteiger partial charge on any atom is -0.482 e. The number of nitrogens with one attached hydrogen (secondary N) is 1. The molecule has 0 unspecified atom stereocenters. The molecule has 0 aromatic carbocycles. The van der Waals surface area contributed by atoms with Gasteiger partial charge < -0.3 is 15.2 Å². The molecule has 6 nitrogen and oxygen atoms in total. The number of carbonyl (C=O) groups excluding carboxylic acids is 1. The second kappa shape index (κ2) is 5.83. The average molecular weight is 238 g/mol. The van der Waals surface area contributed by atoms with Crippen molar-refractivity contribution in [1.82, 2.24) is 4.98 Å². The van der Waals surface area contributed by atoms with E-state index < -0.39 is 12.6 Å². The molecule has 0 saturated heterocycles. The molecule has 2 N–H and O–H groups in total. The lowest BCUT2D eigenvalue weighted by molar-refractivity contribution is -0.139. The molecule has 0 spiro atoms. The molecule has 1 amide bonds. The summed E-state index contributed by atoms with van der Waals surface area (Å²) in [6.45, 7) is 3.10. The van der Waals surface area contributed by atoms with Crippen LogP contribution in [0, 0.1) is 5.92 Å². The first-order chi connectivity index (χ1) is 7.99. The van der Waals surface area contributed by atoms with Crippen LogP contribution in [0.4, 0.5) is 5.82 Å². The first-order valence-corrected chi connectivity index (χ1v) is 5.10. The van der Waals surface area contributed by atoms with Crippen molar-refractivity contribution in [3.8, 4) is 5.75 Å². The van der Waals surface area contributed by atoms with E-state index in [2.05, 4.69) is 10.3 Å². The Kier molecular flexibility index (Phi) is 4.45. The number of carbonyl (C=O) groups is 2. The molecular weight excluding hydrogens is 224 g/mol. The second-order valence-electron chi connectivity index (χ2n) is 3.70. The summed E-state index contributed by atoms with van der Waals surface area (Å²) < 4.78 is 4.96. The fourth-order valence-electron chi connectivity index (χ4n) is 0.985. The summed E-state index contributed by atoms with van der Waals surface area (Å²) in [6.07, 6.45) is 1.44. The lowest BCUT2D eigenvalue weighted by atomic mass is 10.2. The largest absolute Gasteiger partial charge is 0.482 e. The molecule has 0 bridgehead atoms. The zero-order chi connectivity index (χ0) is 12.8. The van der Waals surface area contributed by atoms with Gasteiger partial charge in [-0.05, 0) is 6.07 Å². The van der Waals surface area contributed by atoms with E-state index in [1.807, 2.05) is 0 Å². The molecule has 1 aromatic rings. The van der Waals surface area contributed by atoms with Gasteiger partial charge in [0, 0.05) is 18.2 Å². The van der Waals surface area contributed by atoms with E-state index >= 15 is 0 Å². The summed E-state index contributed by atoms with van der Waals surface area (Å²) in [6, 6.07) is 3.00. The van der Waals surface area contributed by atoms with Crippen molar-refractivity contribution >= 4 is 17.7 Å². The number of anilines is 1. The van der Waals surface area contributed by atoms with Gasteiger partial charge in [0.1, 0.15) is 11.6 Å². The predicted molar refractivity (Wildman–Crippen MR) is 60.8 cm³/mol. The molecule has 6 heteroatoms. The summed E-state index contributed by atoms with van der Waals surface area (Å²) in [5.41, 5.74) is 0. The van der Waals surface area contributed by atoms with Crippen molar-refractivity contribution in [2.24, 2.45) is 5.92 Å². The van der Waals surface area contributed by atoms with Crippen LogP contribution in [-0.4, -0.2) is 28.6 Å². The van der Waals surface area contributed by atoms with Crippen molar-refractivity contribution < 1.29 is 19.4 Å². The first-order valence-electron chi connectivity index (χ1n) is 5.10. The number of carboxylic acids is 1. The molecule has 0 aliphatic heterocycles. The molecule has 0 fully saturated rings. The Hall–Kier alpha value is -2.11. The molecule has 0 aliphatic carbocycles. The number of ether oxygens (including phenoxy) is 1. The highest BCUT2D eigenvalue weighted by atomic mass is 16.5. The Bertz CT molecular complexity index is 418. The van der Waals surface area contributed by atoms with Crippen LogP contribution in [-0.2, 0) is 9.59 Å². The monoisotopic (exact) mass is 238 g/mol. The molecule has 17 heavy (non-hydrogen) atoms. The van der Waals surface area contributed by atoms with Crippen LogP contribution in [0.3, 0.4) is 0 Å². The van der Waals surface area contributed by atoms with Gasteiger partial charge in [-0.1, -0.05) is 13.8 Å². The molecule has 1 rings (SSSR count). The quantitative estimate of drug-likeness (QED) is 0.803. The Morgan fingerprint density at radius 1 is 1.53 bits per heavy atom. The number of hydrogen-bond donors (Lipinski definition) is 2. The Balaban J connectivity index is 2.65. The fourth-order valence-corrected chi connectivity index (χ4v) is 0.985. The van der Waals surface area contributed by atoms with Crippen molar-refractivity contribution in [2.75, 3.05) is 11.9 Å². The van der Waals surface area contributed by atoms with E-state index in [4.69, 9.17) is 9.84 Å². The van der Waals surface area contributed by atoms with Crippen molar-refractivity contribution in [3.05, 3.63) is 18.3 Å². The zero-order valence-electron chi connectivity index (χ0n) is 9.64. The SMILES string of the molecule is CC(C)C(=O)Nc1cc(OCC(=O)O)ccn1. The topological polar surface area (TPSA) is 88.5 Å². The Morgan fingerprint density at radius 3 is 2.82 bits per heavy atom. The number of hydrogen-bond acceptors (Lipinski definition) is 4. The number of nitrogens with zero attached hydrogens (tertiary/aromatic N) is 1. The van der Waals surface area contributed by atoms with E-state index in [9.17, 15) is 9.59 Å². The highest BCUT2D eigenvalue weighted by molar-refractivity contribution is 5.91. The second-order valence-corrected chi connectivity index (χ2v) is 3.70. The maximum Gasteiger partial charge on any atom is 0.341 e. The normalized spacial score (nSPS) is 10.1. The van der Waals surface area contributed by atoms with Crippen LogP contribution in [0.25, 0.3) is 0 Å². The summed E-state index contributed by atoms with van der Waals surface area (Å²) >= 11 is 0. The van der Waals surface area contributed by atoms with Gasteiger partial charge in [0.25, 0.3) is 0 Å². The molecule has 0 atom stereocenters. The minimum absolute atomic E-state index is 0.152. The highest BCUT2D eigenvalue weighted by Gasteiger charge is 2.08. The Morgan fingerprint density at radius 2 is 2.24 bits per heavy atom. The maximum absolute atomic E-state index is 11.4. The van der Waals surface area contributed by atoms with Crippen LogP contribution in [0.2, 0.25) is 0 Å². The molecule has 1 aromatic heterocycles. The number of aromatic nitrogens is 1. The average Bonchev–Trinajstić information content (AvgIpc) is 2.26. The van der Waals surface area contributed by atoms with Gasteiger partial charge in [-0.15, -0.1) is 0 Å². The minimum atomic E-state index is -1.06. The molecule has 0 saturated carbocycles. The number of aliphatic carboxylic acids is 1. The van der Waals surface area contributed by atoms with Crippen LogP contribution < -0.4 is 10.1 Å². The van der Waals surface area contributed by atoms with Gasteiger partial charge in [0.15, 0.2) is 6.61 Å². The third kappa shape index (κ3) is 4.50. The maximum atomic E-state index is 11.4. The lowest BCUT2D eigenvalue weighted by Crippen LogP contribution is -2.18. The van der Waals surface area contributed by atoms with E-state index in [1.54, 1.807) is 13.8 Å². The zero-order valence-corrected chi connectivity index (χ0v) is 9.64. The van der Waals surface area contributed by atoms with E-state index in [0.717, 1.165) is 0 Å². The fraction of sp³-hybridized carbons (Fsp3) is 0.364. The molecular formula is C11H14N2O4. The molecule has 92 valence electrons. The summed E-state index contributed by atoms with van der Waals surface area (Å²) in [7, 11) is 0. The molecule has 0 aliphatic rings. The van der Waals surface area contributed by atoms with Crippen molar-refractivity contribution in [3.63, 3.8) is 0 Å². The molecule has 0 radical (unpaired) electrons. The summed E-state index contributed by atoms with van der Waals surface area (Å²) in [4.78, 5) is 25.6. The van der Waals surface area contributed by atoms with E-state index in [0.29, 0.717) is 11.6 Å². The number of pyridine rings is 1. The third-order valence-corrected chi connectivity index (χ3v) is 1.87. The highest BCUT2D eigenvalue weighted by Crippen LogP contribution is 2.15. The number of carboxylic acid groups (broad SMARTS) is 1. The third-order valence-electron chi connectivity index (χ3n) is 1.87. The predicted octanol–water partition coefficient (Wildman–Crippen LogP) is 1.14. The van der Waals surface area contributed by atoms with Crippen LogP contribution >= 0.6 is 0 Å². The van der Waals surface area contributed by atoms with Crippen LogP contribution in [0.15, 0.2) is 18.3 Å². The van der Waals surface area contributed by atoms with E-state index in [-0.39, 0.29) is 11.8 Å². The first kappa shape index (κ1) is 13.0. The van der Waals surface area contributed by atoms with Crippen LogP contribution in [0.5, 0.6) is 5.75 Å². The van der Waals surface area contributed by atoms with Gasteiger partial charge in [-0.25, -0.2) is 9.78 Å². The van der Waals surface area contributed by atoms with Crippen molar-refractivity contribution in [2.45, 2.75) is 13.8 Å². The van der Waals surface area contributed by atoms with Gasteiger partial charge in [-0.2, -0.15) is 0 Å². The smallest absolute Gasteiger partial charge is 0.341 e. The van der Waals surface area contributed by atoms with Gasteiger partial charge in [0.05, 0.1) is 0 Å². The van der Waals surface area contributed by atoms with Crippen molar-refractivity contribution in [1.29, 1.82) is 0 Å². The van der Waals surface area contributed by atoms with Gasteiger partial charge >= 0.3 is 5.97 Å². The Labute approximate surface area is 98.6 Å². The lowest BCUT2D eigenvalue weighted by Gasteiger charge is -2.08. The summed E-state index contributed by atoms with van der Waals surface area (Å²) in [5.74, 6) is -0.684. The number of amides is 1.